The highest BCUT2D eigenvalue weighted by Gasteiger charge is 2.06. The molecule has 4 heteroatoms. The van der Waals surface area contributed by atoms with Crippen LogP contribution < -0.4 is 5.32 Å². The number of pyridine rings is 1. The fourth-order valence-electron chi connectivity index (χ4n) is 1.84. The molecule has 0 fully saturated rings. The number of nitrogens with one attached hydrogen (secondary N) is 1. The van der Waals surface area contributed by atoms with E-state index in [1.165, 1.54) is 0 Å². The summed E-state index contributed by atoms with van der Waals surface area (Å²) in [6.07, 6.45) is 3.61. The SMILES string of the molecule is CNc1ccc(-c2csc(-c3cccnc3)n2)cc1. The molecule has 0 amide bonds. The van der Waals surface area contributed by atoms with E-state index in [2.05, 4.69) is 44.9 Å². The quantitative estimate of drug-likeness (QED) is 0.781. The smallest absolute Gasteiger partial charge is 0.125 e. The van der Waals surface area contributed by atoms with Gasteiger partial charge in [-0.25, -0.2) is 4.98 Å². The first kappa shape index (κ1) is 11.9. The van der Waals surface area contributed by atoms with Crippen molar-refractivity contribution in [2.24, 2.45) is 0 Å². The van der Waals surface area contributed by atoms with Crippen molar-refractivity contribution in [3.8, 4) is 21.8 Å². The van der Waals surface area contributed by atoms with Crippen molar-refractivity contribution < 1.29 is 0 Å². The number of hydrogen-bond donors (Lipinski definition) is 1. The van der Waals surface area contributed by atoms with Gasteiger partial charge >= 0.3 is 0 Å². The lowest BCUT2D eigenvalue weighted by atomic mass is 10.1. The molecule has 0 radical (unpaired) electrons. The van der Waals surface area contributed by atoms with Gasteiger partial charge in [0, 0.05) is 41.6 Å². The second kappa shape index (κ2) is 5.20. The number of hydrogen-bond acceptors (Lipinski definition) is 4. The van der Waals surface area contributed by atoms with Crippen LogP contribution in [0.25, 0.3) is 21.8 Å². The van der Waals surface area contributed by atoms with E-state index in [0.29, 0.717) is 0 Å². The number of thiazole rings is 1. The molecule has 1 N–H and O–H groups in total. The summed E-state index contributed by atoms with van der Waals surface area (Å²) in [6, 6.07) is 12.2. The lowest BCUT2D eigenvalue weighted by molar-refractivity contribution is 1.31. The minimum Gasteiger partial charge on any atom is -0.388 e. The Morgan fingerprint density at radius 2 is 1.89 bits per heavy atom. The first-order valence-electron chi connectivity index (χ1n) is 6.01. The van der Waals surface area contributed by atoms with E-state index in [1.807, 2.05) is 25.4 Å². The van der Waals surface area contributed by atoms with Crippen LogP contribution in [-0.2, 0) is 0 Å². The Bertz CT molecular complexity index is 659. The van der Waals surface area contributed by atoms with Gasteiger partial charge in [-0.1, -0.05) is 12.1 Å². The molecule has 0 saturated heterocycles. The van der Waals surface area contributed by atoms with Crippen molar-refractivity contribution >= 4 is 17.0 Å². The number of benzene rings is 1. The third kappa shape index (κ3) is 2.48. The fourth-order valence-corrected chi connectivity index (χ4v) is 2.66. The number of anilines is 1. The Balaban J connectivity index is 1.92. The number of rotatable bonds is 3. The van der Waals surface area contributed by atoms with Crippen molar-refractivity contribution in [2.45, 2.75) is 0 Å². The van der Waals surface area contributed by atoms with Crippen LogP contribution in [0.5, 0.6) is 0 Å². The Kier molecular flexibility index (Phi) is 3.25. The summed E-state index contributed by atoms with van der Waals surface area (Å²) >= 11 is 1.64. The summed E-state index contributed by atoms with van der Waals surface area (Å²) in [4.78, 5) is 8.79. The van der Waals surface area contributed by atoms with Crippen molar-refractivity contribution in [3.63, 3.8) is 0 Å². The van der Waals surface area contributed by atoms with Crippen LogP contribution in [0, 0.1) is 0 Å². The topological polar surface area (TPSA) is 37.8 Å². The van der Waals surface area contributed by atoms with E-state index >= 15 is 0 Å². The minimum absolute atomic E-state index is 1.00. The molecular formula is C15H13N3S. The average Bonchev–Trinajstić information content (AvgIpc) is 2.98. The van der Waals surface area contributed by atoms with Gasteiger partial charge in [0.1, 0.15) is 5.01 Å². The van der Waals surface area contributed by atoms with Crippen molar-refractivity contribution in [1.29, 1.82) is 0 Å². The van der Waals surface area contributed by atoms with Crippen LogP contribution >= 0.6 is 11.3 Å². The predicted molar refractivity (Wildman–Crippen MR) is 80.3 cm³/mol. The molecule has 0 aliphatic heterocycles. The van der Waals surface area contributed by atoms with Gasteiger partial charge in [-0.05, 0) is 24.3 Å². The standard InChI is InChI=1S/C15H13N3S/c1-16-13-6-4-11(5-7-13)14-10-19-15(18-14)12-3-2-8-17-9-12/h2-10,16H,1H3. The highest BCUT2D eigenvalue weighted by Crippen LogP contribution is 2.28. The molecule has 2 heterocycles. The maximum atomic E-state index is 4.66. The van der Waals surface area contributed by atoms with Gasteiger partial charge < -0.3 is 5.32 Å². The first-order valence-corrected chi connectivity index (χ1v) is 6.89. The van der Waals surface area contributed by atoms with Crippen LogP contribution in [-0.4, -0.2) is 17.0 Å². The van der Waals surface area contributed by atoms with Crippen molar-refractivity contribution in [1.82, 2.24) is 9.97 Å². The summed E-state index contributed by atoms with van der Waals surface area (Å²) in [6.45, 7) is 0. The summed E-state index contributed by atoms with van der Waals surface area (Å²) in [5.74, 6) is 0. The monoisotopic (exact) mass is 267 g/mol. The van der Waals surface area contributed by atoms with Crippen molar-refractivity contribution in [2.75, 3.05) is 12.4 Å². The third-order valence-corrected chi connectivity index (χ3v) is 3.77. The molecule has 0 bridgehead atoms. The Labute approximate surface area is 116 Å². The molecule has 3 rings (SSSR count). The predicted octanol–water partition coefficient (Wildman–Crippen LogP) is 3.91. The molecule has 3 aromatic rings. The van der Waals surface area contributed by atoms with Crippen LogP contribution in [0.1, 0.15) is 0 Å². The maximum Gasteiger partial charge on any atom is 0.125 e. The number of aromatic nitrogens is 2. The zero-order chi connectivity index (χ0) is 13.1. The molecule has 2 aromatic heterocycles. The second-order valence-electron chi connectivity index (χ2n) is 4.11. The molecule has 0 aliphatic carbocycles. The molecule has 0 saturated carbocycles. The molecule has 19 heavy (non-hydrogen) atoms. The number of nitrogens with zero attached hydrogens (tertiary/aromatic N) is 2. The van der Waals surface area contributed by atoms with E-state index in [1.54, 1.807) is 17.5 Å². The largest absolute Gasteiger partial charge is 0.388 e. The summed E-state index contributed by atoms with van der Waals surface area (Å²) in [7, 11) is 1.92. The zero-order valence-corrected chi connectivity index (χ0v) is 11.3. The van der Waals surface area contributed by atoms with Crippen LogP contribution in [0.3, 0.4) is 0 Å². The molecule has 0 spiro atoms. The van der Waals surface area contributed by atoms with Crippen LogP contribution in [0.2, 0.25) is 0 Å². The molecule has 1 aromatic carbocycles. The lowest BCUT2D eigenvalue weighted by Gasteiger charge is -2.00. The first-order chi connectivity index (χ1) is 9.36. The Morgan fingerprint density at radius 1 is 1.05 bits per heavy atom. The zero-order valence-electron chi connectivity index (χ0n) is 10.5. The lowest BCUT2D eigenvalue weighted by Crippen LogP contribution is -1.87. The van der Waals surface area contributed by atoms with E-state index in [0.717, 1.165) is 27.5 Å². The van der Waals surface area contributed by atoms with E-state index in [9.17, 15) is 0 Å². The second-order valence-corrected chi connectivity index (χ2v) is 4.97. The van der Waals surface area contributed by atoms with E-state index < -0.39 is 0 Å². The molecular weight excluding hydrogens is 254 g/mol. The molecule has 0 atom stereocenters. The van der Waals surface area contributed by atoms with Gasteiger partial charge in [0.2, 0.25) is 0 Å². The molecule has 0 unspecified atom stereocenters. The van der Waals surface area contributed by atoms with Gasteiger partial charge in [-0.15, -0.1) is 11.3 Å². The highest BCUT2D eigenvalue weighted by atomic mass is 32.1. The fraction of sp³-hybridized carbons (Fsp3) is 0.0667. The van der Waals surface area contributed by atoms with Crippen molar-refractivity contribution in [3.05, 3.63) is 54.2 Å². The molecule has 3 nitrogen and oxygen atoms in total. The summed E-state index contributed by atoms with van der Waals surface area (Å²) < 4.78 is 0. The highest BCUT2D eigenvalue weighted by molar-refractivity contribution is 7.13. The molecule has 0 aliphatic rings. The summed E-state index contributed by atoms with van der Waals surface area (Å²) in [5, 5.41) is 6.19. The van der Waals surface area contributed by atoms with Gasteiger partial charge in [-0.2, -0.15) is 0 Å². The van der Waals surface area contributed by atoms with Crippen LogP contribution in [0.15, 0.2) is 54.2 Å². The normalized spacial score (nSPS) is 10.4. The van der Waals surface area contributed by atoms with Gasteiger partial charge in [0.25, 0.3) is 0 Å². The molecule has 94 valence electrons. The Hall–Kier alpha value is -2.20. The summed E-state index contributed by atoms with van der Waals surface area (Å²) in [5.41, 5.74) is 4.30. The average molecular weight is 267 g/mol. The third-order valence-electron chi connectivity index (χ3n) is 2.88. The van der Waals surface area contributed by atoms with Gasteiger partial charge in [0.05, 0.1) is 5.69 Å². The van der Waals surface area contributed by atoms with Gasteiger partial charge in [-0.3, -0.25) is 4.98 Å². The minimum atomic E-state index is 1.00. The Morgan fingerprint density at radius 3 is 2.58 bits per heavy atom. The van der Waals surface area contributed by atoms with Crippen LogP contribution in [0.4, 0.5) is 5.69 Å². The van der Waals surface area contributed by atoms with E-state index in [4.69, 9.17) is 0 Å². The van der Waals surface area contributed by atoms with E-state index in [-0.39, 0.29) is 0 Å². The van der Waals surface area contributed by atoms with Gasteiger partial charge in [0.15, 0.2) is 0 Å². The maximum absolute atomic E-state index is 4.66.